The van der Waals surface area contributed by atoms with Gasteiger partial charge in [0.25, 0.3) is 5.91 Å². The molecule has 1 aliphatic heterocycles. The van der Waals surface area contributed by atoms with E-state index in [9.17, 15) is 14.4 Å². The normalized spacial score (nSPS) is 18.3. The first-order valence-corrected chi connectivity index (χ1v) is 6.49. The fraction of sp³-hybridized carbons (Fsp3) is 0.357. The summed E-state index contributed by atoms with van der Waals surface area (Å²) < 4.78 is 0. The number of nitrogens with one attached hydrogen (secondary N) is 2. The summed E-state index contributed by atoms with van der Waals surface area (Å²) in [5, 5.41) is 5.70. The minimum Gasteiger partial charge on any atom is -0.373 e. The maximum Gasteiger partial charge on any atom is 0.252 e. The minimum atomic E-state index is -0.505. The highest BCUT2D eigenvalue weighted by molar-refractivity contribution is 6.06. The van der Waals surface area contributed by atoms with E-state index < -0.39 is 6.04 Å². The van der Waals surface area contributed by atoms with Crippen LogP contribution < -0.4 is 10.6 Å². The Morgan fingerprint density at radius 1 is 1.25 bits per heavy atom. The smallest absolute Gasteiger partial charge is 0.252 e. The first kappa shape index (κ1) is 14.0. The number of likely N-dealkylation sites (N-methyl/N-ethyl adjacent to an activating group) is 1. The zero-order valence-corrected chi connectivity index (χ0v) is 11.5. The van der Waals surface area contributed by atoms with Crippen LogP contribution in [0.25, 0.3) is 0 Å². The zero-order valence-electron chi connectivity index (χ0n) is 11.5. The van der Waals surface area contributed by atoms with Gasteiger partial charge in [-0.05, 0) is 31.2 Å². The van der Waals surface area contributed by atoms with E-state index in [1.807, 2.05) is 0 Å². The Labute approximate surface area is 117 Å². The van der Waals surface area contributed by atoms with Crippen LogP contribution in [0.1, 0.15) is 20.3 Å². The Morgan fingerprint density at radius 3 is 2.35 bits per heavy atom. The fourth-order valence-electron chi connectivity index (χ4n) is 2.18. The molecule has 0 aromatic heterocycles. The van der Waals surface area contributed by atoms with Crippen molar-refractivity contribution in [3.63, 3.8) is 0 Å². The topological polar surface area (TPSA) is 78.5 Å². The van der Waals surface area contributed by atoms with Gasteiger partial charge in [0.1, 0.15) is 6.04 Å². The quantitative estimate of drug-likeness (QED) is 0.809. The lowest BCUT2D eigenvalue weighted by Gasteiger charge is -2.14. The molecule has 1 aliphatic rings. The number of likely N-dealkylation sites (tertiary alicyclic amines) is 1. The Bertz CT molecular complexity index is 539. The van der Waals surface area contributed by atoms with Gasteiger partial charge in [0.15, 0.2) is 0 Å². The van der Waals surface area contributed by atoms with Crippen molar-refractivity contribution in [1.82, 2.24) is 4.90 Å². The molecule has 2 rings (SSSR count). The molecule has 0 spiro atoms. The van der Waals surface area contributed by atoms with Gasteiger partial charge in [-0.2, -0.15) is 0 Å². The number of nitrogens with zero attached hydrogens (tertiary/aromatic N) is 1. The van der Waals surface area contributed by atoms with Gasteiger partial charge in [-0.3, -0.25) is 19.3 Å². The van der Waals surface area contributed by atoms with Crippen LogP contribution in [0.5, 0.6) is 0 Å². The van der Waals surface area contributed by atoms with Crippen LogP contribution in [0.3, 0.4) is 0 Å². The van der Waals surface area contributed by atoms with Crippen molar-refractivity contribution in [2.24, 2.45) is 0 Å². The highest BCUT2D eigenvalue weighted by Gasteiger charge is 2.37. The lowest BCUT2D eigenvalue weighted by molar-refractivity contribution is -0.138. The summed E-state index contributed by atoms with van der Waals surface area (Å²) in [6.45, 7) is 3.62. The van der Waals surface area contributed by atoms with E-state index in [0.717, 1.165) is 5.69 Å². The Balaban J connectivity index is 2.02. The maximum absolute atomic E-state index is 11.9. The first-order chi connectivity index (χ1) is 9.51. The van der Waals surface area contributed by atoms with Gasteiger partial charge in [0, 0.05) is 24.8 Å². The molecule has 1 aromatic rings. The third-order valence-electron chi connectivity index (χ3n) is 3.11. The summed E-state index contributed by atoms with van der Waals surface area (Å²) >= 11 is 0. The van der Waals surface area contributed by atoms with Crippen molar-refractivity contribution in [1.29, 1.82) is 0 Å². The van der Waals surface area contributed by atoms with Crippen molar-refractivity contribution in [2.45, 2.75) is 26.3 Å². The van der Waals surface area contributed by atoms with E-state index in [1.54, 1.807) is 31.2 Å². The largest absolute Gasteiger partial charge is 0.373 e. The number of amides is 3. The predicted molar refractivity (Wildman–Crippen MR) is 75.2 cm³/mol. The molecule has 2 N–H and O–H groups in total. The number of anilines is 2. The molecule has 1 atom stereocenters. The average Bonchev–Trinajstić information content (AvgIpc) is 2.66. The van der Waals surface area contributed by atoms with Crippen molar-refractivity contribution < 1.29 is 14.4 Å². The molecule has 1 heterocycles. The molecular weight excluding hydrogens is 258 g/mol. The first-order valence-electron chi connectivity index (χ1n) is 6.49. The molecular formula is C14H17N3O3. The third kappa shape index (κ3) is 2.96. The van der Waals surface area contributed by atoms with Gasteiger partial charge in [-0.15, -0.1) is 0 Å². The minimum absolute atomic E-state index is 0.138. The Kier molecular flexibility index (Phi) is 4.02. The molecule has 6 heteroatoms. The van der Waals surface area contributed by atoms with Crippen LogP contribution in [0.4, 0.5) is 11.4 Å². The number of hydrogen-bond acceptors (Lipinski definition) is 4. The summed E-state index contributed by atoms with van der Waals surface area (Å²) in [5.74, 6) is -0.478. The molecule has 0 bridgehead atoms. The second kappa shape index (κ2) is 5.73. The highest BCUT2D eigenvalue weighted by Crippen LogP contribution is 2.19. The van der Waals surface area contributed by atoms with Crippen LogP contribution in [0.15, 0.2) is 24.3 Å². The number of carbonyl (C=O) groups is 3. The number of benzene rings is 1. The van der Waals surface area contributed by atoms with Gasteiger partial charge in [-0.1, -0.05) is 0 Å². The lowest BCUT2D eigenvalue weighted by Crippen LogP contribution is -2.34. The standard InChI is InChI=1S/C14H17N3O3/c1-3-17-13(19)8-12(14(17)20)16-11-6-4-10(5-7-11)15-9(2)18/h4-7,12,16H,3,8H2,1-2H3,(H,15,18). The van der Waals surface area contributed by atoms with Crippen LogP contribution >= 0.6 is 0 Å². The number of rotatable bonds is 4. The van der Waals surface area contributed by atoms with E-state index in [4.69, 9.17) is 0 Å². The molecule has 1 saturated heterocycles. The van der Waals surface area contributed by atoms with E-state index in [1.165, 1.54) is 11.8 Å². The van der Waals surface area contributed by atoms with Crippen LogP contribution in [-0.4, -0.2) is 35.2 Å². The maximum atomic E-state index is 11.9. The summed E-state index contributed by atoms with van der Waals surface area (Å²) in [7, 11) is 0. The van der Waals surface area contributed by atoms with E-state index in [2.05, 4.69) is 10.6 Å². The molecule has 1 unspecified atom stereocenters. The number of carbonyl (C=O) groups excluding carboxylic acids is 3. The van der Waals surface area contributed by atoms with Gasteiger partial charge in [0.2, 0.25) is 11.8 Å². The molecule has 0 aliphatic carbocycles. The molecule has 20 heavy (non-hydrogen) atoms. The van der Waals surface area contributed by atoms with Gasteiger partial charge < -0.3 is 10.6 Å². The Hall–Kier alpha value is -2.37. The highest BCUT2D eigenvalue weighted by atomic mass is 16.2. The van der Waals surface area contributed by atoms with E-state index >= 15 is 0 Å². The molecule has 6 nitrogen and oxygen atoms in total. The van der Waals surface area contributed by atoms with Crippen LogP contribution in [-0.2, 0) is 14.4 Å². The summed E-state index contributed by atoms with van der Waals surface area (Å²) in [5.41, 5.74) is 1.43. The molecule has 1 fully saturated rings. The van der Waals surface area contributed by atoms with Crippen molar-refractivity contribution >= 4 is 29.1 Å². The van der Waals surface area contributed by atoms with Gasteiger partial charge in [0.05, 0.1) is 6.42 Å². The van der Waals surface area contributed by atoms with Crippen LogP contribution in [0, 0.1) is 0 Å². The molecule has 106 valence electrons. The van der Waals surface area contributed by atoms with Crippen molar-refractivity contribution in [3.05, 3.63) is 24.3 Å². The second-order valence-electron chi connectivity index (χ2n) is 4.64. The monoisotopic (exact) mass is 275 g/mol. The second-order valence-corrected chi connectivity index (χ2v) is 4.64. The van der Waals surface area contributed by atoms with Crippen molar-refractivity contribution in [3.8, 4) is 0 Å². The summed E-state index contributed by atoms with van der Waals surface area (Å²) in [6.07, 6.45) is 0.181. The Morgan fingerprint density at radius 2 is 1.85 bits per heavy atom. The third-order valence-corrected chi connectivity index (χ3v) is 3.11. The predicted octanol–water partition coefficient (Wildman–Crippen LogP) is 1.20. The lowest BCUT2D eigenvalue weighted by atomic mass is 10.2. The van der Waals surface area contributed by atoms with Crippen molar-refractivity contribution in [2.75, 3.05) is 17.2 Å². The molecule has 0 saturated carbocycles. The SMILES string of the molecule is CCN1C(=O)CC(Nc2ccc(NC(C)=O)cc2)C1=O. The summed E-state index contributed by atoms with van der Waals surface area (Å²) in [6, 6.07) is 6.49. The molecule has 0 radical (unpaired) electrons. The van der Waals surface area contributed by atoms with Gasteiger partial charge in [-0.25, -0.2) is 0 Å². The van der Waals surface area contributed by atoms with E-state index in [-0.39, 0.29) is 24.1 Å². The average molecular weight is 275 g/mol. The fourth-order valence-corrected chi connectivity index (χ4v) is 2.18. The zero-order chi connectivity index (χ0) is 14.7. The molecule has 1 aromatic carbocycles. The number of hydrogen-bond donors (Lipinski definition) is 2. The number of imide groups is 1. The summed E-state index contributed by atoms with van der Waals surface area (Å²) in [4.78, 5) is 35.7. The van der Waals surface area contributed by atoms with Gasteiger partial charge >= 0.3 is 0 Å². The van der Waals surface area contributed by atoms with E-state index in [0.29, 0.717) is 12.2 Å². The molecule has 3 amide bonds. The van der Waals surface area contributed by atoms with Crippen LogP contribution in [0.2, 0.25) is 0 Å².